The van der Waals surface area contributed by atoms with Gasteiger partial charge in [-0.15, -0.1) is 0 Å². The Morgan fingerprint density at radius 1 is 1.33 bits per heavy atom. The maximum atomic E-state index is 12.8. The van der Waals surface area contributed by atoms with Gasteiger partial charge >= 0.3 is 0 Å². The van der Waals surface area contributed by atoms with E-state index in [0.717, 1.165) is 19.5 Å². The van der Waals surface area contributed by atoms with E-state index < -0.39 is 10.0 Å². The van der Waals surface area contributed by atoms with Crippen LogP contribution in [0, 0.1) is 0 Å². The summed E-state index contributed by atoms with van der Waals surface area (Å²) >= 11 is 0. The summed E-state index contributed by atoms with van der Waals surface area (Å²) in [4.78, 5) is 2.38. The highest BCUT2D eigenvalue weighted by atomic mass is 32.2. The van der Waals surface area contributed by atoms with E-state index in [4.69, 9.17) is 10.5 Å². The highest BCUT2D eigenvalue weighted by Crippen LogP contribution is 2.28. The SMILES string of the molecule is COc1cc(S(=O)(=O)N2CCCN(C)CC2C)ccc1N. The first-order valence-electron chi connectivity index (χ1n) is 7.00. The molecule has 0 spiro atoms. The van der Waals surface area contributed by atoms with Gasteiger partial charge in [-0.2, -0.15) is 4.31 Å². The molecule has 21 heavy (non-hydrogen) atoms. The zero-order valence-electron chi connectivity index (χ0n) is 12.7. The Labute approximate surface area is 126 Å². The molecule has 1 aromatic carbocycles. The smallest absolute Gasteiger partial charge is 0.243 e. The standard InChI is InChI=1S/C14H23N3O3S/c1-11-10-16(2)7-4-8-17(11)21(18,19)12-5-6-13(15)14(9-12)20-3/h5-6,9,11H,4,7-8,10,15H2,1-3H3. The molecular formula is C14H23N3O3S. The van der Waals surface area contributed by atoms with Crippen LogP contribution in [0.3, 0.4) is 0 Å². The normalized spacial score (nSPS) is 22.0. The Morgan fingerprint density at radius 3 is 2.71 bits per heavy atom. The van der Waals surface area contributed by atoms with Crippen LogP contribution in [0.25, 0.3) is 0 Å². The molecule has 1 heterocycles. The van der Waals surface area contributed by atoms with Crippen molar-refractivity contribution in [1.82, 2.24) is 9.21 Å². The fraction of sp³-hybridized carbons (Fsp3) is 0.571. The molecule has 2 rings (SSSR count). The Bertz CT molecular complexity index is 603. The van der Waals surface area contributed by atoms with Crippen LogP contribution in [0.4, 0.5) is 5.69 Å². The summed E-state index contributed by atoms with van der Waals surface area (Å²) in [6.45, 7) is 4.10. The third kappa shape index (κ3) is 3.30. The van der Waals surface area contributed by atoms with Crippen LogP contribution in [0.15, 0.2) is 23.1 Å². The van der Waals surface area contributed by atoms with Crippen molar-refractivity contribution in [3.05, 3.63) is 18.2 Å². The quantitative estimate of drug-likeness (QED) is 0.842. The highest BCUT2D eigenvalue weighted by molar-refractivity contribution is 7.89. The van der Waals surface area contributed by atoms with Crippen molar-refractivity contribution in [2.75, 3.05) is 39.5 Å². The molecule has 1 aromatic rings. The molecule has 0 saturated carbocycles. The second-order valence-electron chi connectivity index (χ2n) is 5.48. The zero-order valence-corrected chi connectivity index (χ0v) is 13.6. The predicted molar refractivity (Wildman–Crippen MR) is 82.9 cm³/mol. The predicted octanol–water partition coefficient (Wildman–Crippen LogP) is 0.992. The van der Waals surface area contributed by atoms with E-state index in [0.29, 0.717) is 18.0 Å². The van der Waals surface area contributed by atoms with Crippen LogP contribution in [0.1, 0.15) is 13.3 Å². The van der Waals surface area contributed by atoms with E-state index in [1.54, 1.807) is 10.4 Å². The van der Waals surface area contributed by atoms with Crippen molar-refractivity contribution in [3.63, 3.8) is 0 Å². The number of anilines is 1. The number of rotatable bonds is 3. The summed E-state index contributed by atoms with van der Waals surface area (Å²) in [6.07, 6.45) is 0.826. The van der Waals surface area contributed by atoms with Crippen LogP contribution in [0.5, 0.6) is 5.75 Å². The van der Waals surface area contributed by atoms with Gasteiger partial charge in [-0.1, -0.05) is 0 Å². The van der Waals surface area contributed by atoms with Crippen LogP contribution < -0.4 is 10.5 Å². The second-order valence-corrected chi connectivity index (χ2v) is 7.37. The van der Waals surface area contributed by atoms with Gasteiger partial charge in [0.15, 0.2) is 0 Å². The molecule has 1 aliphatic rings. The van der Waals surface area contributed by atoms with Gasteiger partial charge in [-0.05, 0) is 39.1 Å². The summed E-state index contributed by atoms with van der Waals surface area (Å²) in [5, 5.41) is 0. The molecule has 0 aliphatic carbocycles. The topological polar surface area (TPSA) is 75.9 Å². The van der Waals surface area contributed by atoms with E-state index in [9.17, 15) is 8.42 Å². The van der Waals surface area contributed by atoms with Crippen molar-refractivity contribution in [2.24, 2.45) is 0 Å². The molecule has 0 amide bonds. The number of benzene rings is 1. The van der Waals surface area contributed by atoms with E-state index in [1.165, 1.54) is 19.2 Å². The lowest BCUT2D eigenvalue weighted by molar-refractivity contribution is 0.290. The number of nitrogens with zero attached hydrogens (tertiary/aromatic N) is 2. The first-order chi connectivity index (χ1) is 9.86. The first-order valence-corrected chi connectivity index (χ1v) is 8.44. The molecule has 1 saturated heterocycles. The molecule has 6 nitrogen and oxygen atoms in total. The van der Waals surface area contributed by atoms with Gasteiger partial charge < -0.3 is 15.4 Å². The largest absolute Gasteiger partial charge is 0.495 e. The Morgan fingerprint density at radius 2 is 2.05 bits per heavy atom. The summed E-state index contributed by atoms with van der Waals surface area (Å²) in [5.74, 6) is 0.385. The van der Waals surface area contributed by atoms with Crippen molar-refractivity contribution in [2.45, 2.75) is 24.3 Å². The molecule has 0 bridgehead atoms. The summed E-state index contributed by atoms with van der Waals surface area (Å²) in [6, 6.07) is 4.53. The van der Waals surface area contributed by atoms with E-state index in [1.807, 2.05) is 14.0 Å². The molecule has 118 valence electrons. The van der Waals surface area contributed by atoms with Crippen LogP contribution in [-0.2, 0) is 10.0 Å². The summed E-state index contributed by atoms with van der Waals surface area (Å²) in [7, 11) is -0.0457. The Balaban J connectivity index is 2.36. The number of sulfonamides is 1. The molecule has 0 radical (unpaired) electrons. The van der Waals surface area contributed by atoms with Gasteiger partial charge in [-0.25, -0.2) is 8.42 Å². The summed E-state index contributed by atoms with van der Waals surface area (Å²) in [5.41, 5.74) is 6.18. The van der Waals surface area contributed by atoms with Crippen molar-refractivity contribution in [1.29, 1.82) is 0 Å². The number of nitrogen functional groups attached to an aromatic ring is 1. The molecule has 1 aliphatic heterocycles. The minimum absolute atomic E-state index is 0.0638. The van der Waals surface area contributed by atoms with Gasteiger partial charge in [0.2, 0.25) is 10.0 Å². The maximum absolute atomic E-state index is 12.8. The highest BCUT2D eigenvalue weighted by Gasteiger charge is 2.31. The molecule has 1 unspecified atom stereocenters. The Hall–Kier alpha value is -1.31. The third-order valence-electron chi connectivity index (χ3n) is 3.80. The molecule has 0 aromatic heterocycles. The second kappa shape index (κ2) is 6.21. The number of methoxy groups -OCH3 is 1. The van der Waals surface area contributed by atoms with Crippen LogP contribution in [-0.4, -0.2) is 57.5 Å². The van der Waals surface area contributed by atoms with Crippen LogP contribution >= 0.6 is 0 Å². The first kappa shape index (κ1) is 16.1. The fourth-order valence-electron chi connectivity index (χ4n) is 2.69. The van der Waals surface area contributed by atoms with Gasteiger partial charge in [0.05, 0.1) is 17.7 Å². The molecule has 2 N–H and O–H groups in total. The molecule has 1 fully saturated rings. The average Bonchev–Trinajstić information content (AvgIpc) is 2.59. The minimum atomic E-state index is -3.54. The van der Waals surface area contributed by atoms with Gasteiger partial charge in [0.1, 0.15) is 5.75 Å². The number of nitrogens with two attached hydrogens (primary N) is 1. The minimum Gasteiger partial charge on any atom is -0.495 e. The number of likely N-dealkylation sites (N-methyl/N-ethyl adjacent to an activating group) is 1. The number of hydrogen-bond donors (Lipinski definition) is 1. The van der Waals surface area contributed by atoms with Gasteiger partial charge in [0.25, 0.3) is 0 Å². The van der Waals surface area contributed by atoms with Gasteiger partial charge in [0, 0.05) is 25.2 Å². The van der Waals surface area contributed by atoms with E-state index in [2.05, 4.69) is 4.90 Å². The van der Waals surface area contributed by atoms with E-state index in [-0.39, 0.29) is 10.9 Å². The van der Waals surface area contributed by atoms with Crippen molar-refractivity contribution in [3.8, 4) is 5.75 Å². The monoisotopic (exact) mass is 313 g/mol. The lowest BCUT2D eigenvalue weighted by Gasteiger charge is -2.27. The summed E-state index contributed by atoms with van der Waals surface area (Å²) < 4.78 is 32.4. The third-order valence-corrected chi connectivity index (χ3v) is 5.81. The van der Waals surface area contributed by atoms with Crippen molar-refractivity contribution >= 4 is 15.7 Å². The maximum Gasteiger partial charge on any atom is 0.243 e. The average molecular weight is 313 g/mol. The molecule has 7 heteroatoms. The zero-order chi connectivity index (χ0) is 15.6. The lowest BCUT2D eigenvalue weighted by Crippen LogP contribution is -2.41. The Kier molecular flexibility index (Phi) is 4.75. The number of hydrogen-bond acceptors (Lipinski definition) is 5. The van der Waals surface area contributed by atoms with Crippen molar-refractivity contribution < 1.29 is 13.2 Å². The van der Waals surface area contributed by atoms with E-state index >= 15 is 0 Å². The molecule has 1 atom stereocenters. The lowest BCUT2D eigenvalue weighted by atomic mass is 10.3. The van der Waals surface area contributed by atoms with Gasteiger partial charge in [-0.3, -0.25) is 0 Å². The molecular weight excluding hydrogens is 290 g/mol. The van der Waals surface area contributed by atoms with Crippen LogP contribution in [0.2, 0.25) is 0 Å². The number of ether oxygens (including phenoxy) is 1. The fourth-order valence-corrected chi connectivity index (χ4v) is 4.37.